The van der Waals surface area contributed by atoms with Gasteiger partial charge in [0.05, 0.1) is 36.0 Å². The predicted molar refractivity (Wildman–Crippen MR) is 126 cm³/mol. The van der Waals surface area contributed by atoms with Gasteiger partial charge < -0.3 is 4.74 Å². The second kappa shape index (κ2) is 8.51. The van der Waals surface area contributed by atoms with Gasteiger partial charge in [-0.05, 0) is 36.8 Å². The number of aromatic nitrogens is 3. The van der Waals surface area contributed by atoms with Crippen LogP contribution in [0.15, 0.2) is 58.3 Å². The van der Waals surface area contributed by atoms with Crippen molar-refractivity contribution in [2.24, 2.45) is 4.99 Å². The number of hydrogen-bond donors (Lipinski definition) is 2. The van der Waals surface area contributed by atoms with Gasteiger partial charge in [-0.25, -0.2) is 19.3 Å². The Hall–Kier alpha value is -4.40. The number of aliphatic imine (C=N–C) groups is 1. The molecule has 4 aromatic rings. The standard InChI is InChI=1S/C25H20FN5O3/c1-13-17(11-21-22(27-13)12-23(28-21)29-25(33)34-2)18-9-14(7-8-19(18)26)10-20-15-5-3-4-6-16(15)24(32)31-30-20/h3-9,11H,10,12H2,1-2H3,(H,31,32)(H,28,29,33). The van der Waals surface area contributed by atoms with Crippen LogP contribution in [0.4, 0.5) is 14.9 Å². The fourth-order valence-corrected chi connectivity index (χ4v) is 4.12. The van der Waals surface area contributed by atoms with Crippen LogP contribution in [0.5, 0.6) is 0 Å². The fraction of sp³-hybridized carbons (Fsp3) is 0.160. The molecule has 0 atom stereocenters. The third-order valence-corrected chi connectivity index (χ3v) is 5.76. The van der Waals surface area contributed by atoms with Crippen molar-refractivity contribution >= 4 is 28.4 Å². The number of ether oxygens (including phenoxy) is 1. The number of carbonyl (C=O) groups is 1. The van der Waals surface area contributed by atoms with Gasteiger partial charge in [0.25, 0.3) is 5.56 Å². The van der Waals surface area contributed by atoms with Crippen LogP contribution in [-0.4, -0.2) is 34.2 Å². The van der Waals surface area contributed by atoms with E-state index in [-0.39, 0.29) is 11.4 Å². The Kier molecular flexibility index (Phi) is 5.37. The lowest BCUT2D eigenvalue weighted by atomic mass is 9.97. The molecule has 3 heterocycles. The number of H-pyrrole nitrogens is 1. The van der Waals surface area contributed by atoms with E-state index in [9.17, 15) is 14.0 Å². The Balaban J connectivity index is 1.51. The molecule has 2 N–H and O–H groups in total. The lowest BCUT2D eigenvalue weighted by Gasteiger charge is -2.11. The van der Waals surface area contributed by atoms with Gasteiger partial charge in [-0.1, -0.05) is 24.3 Å². The minimum Gasteiger partial charge on any atom is -0.453 e. The van der Waals surface area contributed by atoms with Crippen LogP contribution >= 0.6 is 0 Å². The summed E-state index contributed by atoms with van der Waals surface area (Å²) in [6.07, 6.45) is 0.164. The molecule has 0 fully saturated rings. The molecule has 2 aromatic heterocycles. The molecule has 5 rings (SSSR count). The first-order valence-electron chi connectivity index (χ1n) is 10.6. The zero-order valence-electron chi connectivity index (χ0n) is 18.5. The maximum atomic E-state index is 14.9. The average molecular weight is 457 g/mol. The van der Waals surface area contributed by atoms with Crippen LogP contribution < -0.4 is 10.9 Å². The number of amides is 1. The van der Waals surface area contributed by atoms with Crippen molar-refractivity contribution in [3.63, 3.8) is 0 Å². The van der Waals surface area contributed by atoms with Gasteiger partial charge in [0.2, 0.25) is 0 Å². The average Bonchev–Trinajstić information content (AvgIpc) is 3.22. The van der Waals surface area contributed by atoms with Gasteiger partial charge in [-0.15, -0.1) is 0 Å². The number of carbonyl (C=O) groups excluding carboxylic acids is 1. The zero-order chi connectivity index (χ0) is 23.8. The van der Waals surface area contributed by atoms with Crippen molar-refractivity contribution in [2.75, 3.05) is 7.11 Å². The first kappa shape index (κ1) is 21.4. The Morgan fingerprint density at radius 3 is 2.74 bits per heavy atom. The normalized spacial score (nSPS) is 12.4. The number of aryl methyl sites for hydroxylation is 1. The van der Waals surface area contributed by atoms with E-state index in [1.54, 1.807) is 30.3 Å². The summed E-state index contributed by atoms with van der Waals surface area (Å²) in [7, 11) is 1.28. The molecular weight excluding hydrogens is 437 g/mol. The zero-order valence-corrected chi connectivity index (χ0v) is 18.5. The summed E-state index contributed by atoms with van der Waals surface area (Å²) < 4.78 is 19.5. The number of alkyl carbamates (subject to hydrolysis) is 1. The lowest BCUT2D eigenvalue weighted by molar-refractivity contribution is 0.176. The topological polar surface area (TPSA) is 109 Å². The van der Waals surface area contributed by atoms with E-state index in [4.69, 9.17) is 0 Å². The van der Waals surface area contributed by atoms with Gasteiger partial charge in [-0.3, -0.25) is 15.1 Å². The summed E-state index contributed by atoms with van der Waals surface area (Å²) in [4.78, 5) is 32.6. The molecule has 9 heteroatoms. The highest BCUT2D eigenvalue weighted by Crippen LogP contribution is 2.34. The van der Waals surface area contributed by atoms with Crippen molar-refractivity contribution < 1.29 is 13.9 Å². The van der Waals surface area contributed by atoms with E-state index in [0.717, 1.165) is 10.9 Å². The van der Waals surface area contributed by atoms with Crippen LogP contribution in [0.3, 0.4) is 0 Å². The number of rotatable bonds is 3. The van der Waals surface area contributed by atoms with Crippen molar-refractivity contribution in [2.45, 2.75) is 19.8 Å². The molecule has 0 saturated carbocycles. The van der Waals surface area contributed by atoms with E-state index < -0.39 is 6.09 Å². The molecule has 2 aromatic carbocycles. The van der Waals surface area contributed by atoms with Crippen LogP contribution in [-0.2, 0) is 17.6 Å². The van der Waals surface area contributed by atoms with E-state index in [1.807, 2.05) is 19.1 Å². The summed E-state index contributed by atoms with van der Waals surface area (Å²) in [5.74, 6) is 0.0407. The number of nitrogens with one attached hydrogen (secondary N) is 2. The second-order valence-corrected chi connectivity index (χ2v) is 7.98. The molecule has 0 bridgehead atoms. The number of benzene rings is 2. The number of pyridine rings is 1. The fourth-order valence-electron chi connectivity index (χ4n) is 4.12. The molecular formula is C25H20FN5O3. The number of amidine groups is 1. The number of nitrogens with zero attached hydrogens (tertiary/aromatic N) is 3. The summed E-state index contributed by atoms with van der Waals surface area (Å²) in [5.41, 5.74) is 4.21. The first-order valence-corrected chi connectivity index (χ1v) is 10.6. The second-order valence-electron chi connectivity index (χ2n) is 7.98. The molecule has 0 radical (unpaired) electrons. The van der Waals surface area contributed by atoms with Gasteiger partial charge >= 0.3 is 6.09 Å². The molecule has 1 aliphatic rings. The molecule has 1 aliphatic heterocycles. The molecule has 0 unspecified atom stereocenters. The van der Waals surface area contributed by atoms with Crippen molar-refractivity contribution in [1.29, 1.82) is 0 Å². The van der Waals surface area contributed by atoms with Gasteiger partial charge in [-0.2, -0.15) is 5.10 Å². The van der Waals surface area contributed by atoms with Crippen LogP contribution in [0.25, 0.3) is 21.9 Å². The van der Waals surface area contributed by atoms with E-state index in [1.165, 1.54) is 13.2 Å². The molecule has 0 saturated heterocycles. The minimum absolute atomic E-state index is 0.249. The lowest BCUT2D eigenvalue weighted by Crippen LogP contribution is -2.30. The van der Waals surface area contributed by atoms with Crippen LogP contribution in [0, 0.1) is 12.7 Å². The van der Waals surface area contributed by atoms with Crippen LogP contribution in [0.2, 0.25) is 0 Å². The Labute approximate surface area is 193 Å². The SMILES string of the molecule is COC(=O)NC1=Nc2cc(-c3cc(Cc4n[nH]c(=O)c5ccccc45)ccc3F)c(C)nc2C1. The summed E-state index contributed by atoms with van der Waals surface area (Å²) in [5, 5.41) is 10.6. The highest BCUT2D eigenvalue weighted by atomic mass is 19.1. The molecule has 1 amide bonds. The van der Waals surface area contributed by atoms with E-state index in [0.29, 0.717) is 58.0 Å². The minimum atomic E-state index is -0.606. The number of halogens is 1. The summed E-state index contributed by atoms with van der Waals surface area (Å²) in [6, 6.07) is 13.9. The predicted octanol–water partition coefficient (Wildman–Crippen LogP) is 3.97. The van der Waals surface area contributed by atoms with Crippen LogP contribution in [0.1, 0.15) is 22.6 Å². The number of fused-ring (bicyclic) bond motifs is 2. The molecule has 8 nitrogen and oxygen atoms in total. The Morgan fingerprint density at radius 1 is 1.15 bits per heavy atom. The van der Waals surface area contributed by atoms with Crippen molar-refractivity contribution in [1.82, 2.24) is 20.5 Å². The highest BCUT2D eigenvalue weighted by Gasteiger charge is 2.21. The quantitative estimate of drug-likeness (QED) is 0.484. The van der Waals surface area contributed by atoms with Gasteiger partial charge in [0.1, 0.15) is 11.7 Å². The Bertz CT molecular complexity index is 1540. The molecule has 34 heavy (non-hydrogen) atoms. The Morgan fingerprint density at radius 2 is 1.94 bits per heavy atom. The summed E-state index contributed by atoms with van der Waals surface area (Å²) in [6.45, 7) is 1.81. The maximum absolute atomic E-state index is 14.9. The van der Waals surface area contributed by atoms with Gasteiger partial charge in [0.15, 0.2) is 0 Å². The maximum Gasteiger partial charge on any atom is 0.412 e. The van der Waals surface area contributed by atoms with E-state index in [2.05, 4.69) is 30.2 Å². The van der Waals surface area contributed by atoms with Gasteiger partial charge in [0, 0.05) is 28.6 Å². The molecule has 0 spiro atoms. The highest BCUT2D eigenvalue weighted by molar-refractivity contribution is 6.00. The third kappa shape index (κ3) is 3.92. The monoisotopic (exact) mass is 457 g/mol. The van der Waals surface area contributed by atoms with Crippen molar-refractivity contribution in [3.8, 4) is 11.1 Å². The third-order valence-electron chi connectivity index (χ3n) is 5.76. The number of aromatic amines is 1. The van der Waals surface area contributed by atoms with E-state index >= 15 is 0 Å². The summed E-state index contributed by atoms with van der Waals surface area (Å²) >= 11 is 0. The number of methoxy groups -OCH3 is 1. The smallest absolute Gasteiger partial charge is 0.412 e. The first-order chi connectivity index (χ1) is 16.4. The largest absolute Gasteiger partial charge is 0.453 e. The molecule has 170 valence electrons. The van der Waals surface area contributed by atoms with Crippen molar-refractivity contribution in [3.05, 3.63) is 87.3 Å². The number of hydrogen-bond acceptors (Lipinski definition) is 6. The molecule has 0 aliphatic carbocycles.